The molecule has 0 spiro atoms. The number of halogens is 4. The van der Waals surface area contributed by atoms with Crippen molar-refractivity contribution in [3.63, 3.8) is 0 Å². The van der Waals surface area contributed by atoms with Crippen molar-refractivity contribution in [3.8, 4) is 0 Å². The average Bonchev–Trinajstić information content (AvgIpc) is 1.80. The van der Waals surface area contributed by atoms with Crippen molar-refractivity contribution in [2.45, 2.75) is 16.8 Å². The molecule has 0 aliphatic heterocycles. The Morgan fingerprint density at radius 2 is 1.91 bits per heavy atom. The molecule has 70 valence electrons. The molecule has 0 fully saturated rings. The standard InChI is InChI=1S/C5H10Cl3NO.ClH/c1-2-10-4(3-9)5(6,7)8;/h4H,2-3,9H2,1H3;1H. The van der Waals surface area contributed by atoms with Crippen LogP contribution in [0.5, 0.6) is 0 Å². The highest BCUT2D eigenvalue weighted by Gasteiger charge is 2.31. The maximum atomic E-state index is 5.50. The predicted molar refractivity (Wildman–Crippen MR) is 52.0 cm³/mol. The highest BCUT2D eigenvalue weighted by Crippen LogP contribution is 2.31. The molecule has 11 heavy (non-hydrogen) atoms. The predicted octanol–water partition coefficient (Wildman–Crippen LogP) is 2.14. The smallest absolute Gasteiger partial charge is 0.217 e. The summed E-state index contributed by atoms with van der Waals surface area (Å²) in [6, 6.07) is 0. The van der Waals surface area contributed by atoms with E-state index in [0.717, 1.165) is 0 Å². The van der Waals surface area contributed by atoms with Crippen molar-refractivity contribution in [1.82, 2.24) is 0 Å². The normalized spacial score (nSPS) is 13.9. The molecule has 2 nitrogen and oxygen atoms in total. The molecule has 0 aromatic rings. The largest absolute Gasteiger partial charge is 0.373 e. The first-order valence-corrected chi connectivity index (χ1v) is 4.04. The van der Waals surface area contributed by atoms with Gasteiger partial charge in [0.2, 0.25) is 3.79 Å². The molecule has 0 bridgehead atoms. The van der Waals surface area contributed by atoms with E-state index in [4.69, 9.17) is 45.3 Å². The summed E-state index contributed by atoms with van der Waals surface area (Å²) in [5, 5.41) is 0. The Labute approximate surface area is 87.7 Å². The fraction of sp³-hybridized carbons (Fsp3) is 1.00. The topological polar surface area (TPSA) is 35.2 Å². The Balaban J connectivity index is 0. The molecule has 0 rings (SSSR count). The fourth-order valence-corrected chi connectivity index (χ4v) is 0.954. The summed E-state index contributed by atoms with van der Waals surface area (Å²) in [7, 11) is 0. The first-order chi connectivity index (χ1) is 4.52. The van der Waals surface area contributed by atoms with Gasteiger partial charge in [0, 0.05) is 13.2 Å². The lowest BCUT2D eigenvalue weighted by Crippen LogP contribution is -2.36. The molecule has 0 aliphatic carbocycles. The SMILES string of the molecule is CCOC(CN)C(Cl)(Cl)Cl.Cl. The van der Waals surface area contributed by atoms with Gasteiger partial charge in [-0.15, -0.1) is 12.4 Å². The zero-order chi connectivity index (χ0) is 8.20. The van der Waals surface area contributed by atoms with Crippen LogP contribution in [0.2, 0.25) is 0 Å². The molecule has 1 atom stereocenters. The van der Waals surface area contributed by atoms with Crippen LogP contribution >= 0.6 is 47.2 Å². The third-order valence-corrected chi connectivity index (χ3v) is 1.68. The Bertz CT molecular complexity index is 95.0. The number of ether oxygens (including phenoxy) is 1. The van der Waals surface area contributed by atoms with Crippen LogP contribution in [-0.2, 0) is 4.74 Å². The Morgan fingerprint density at radius 1 is 1.45 bits per heavy atom. The van der Waals surface area contributed by atoms with Gasteiger partial charge in [-0.1, -0.05) is 34.8 Å². The van der Waals surface area contributed by atoms with E-state index in [2.05, 4.69) is 0 Å². The van der Waals surface area contributed by atoms with Gasteiger partial charge in [-0.3, -0.25) is 0 Å². The Hall–Kier alpha value is 1.08. The van der Waals surface area contributed by atoms with E-state index < -0.39 is 9.90 Å². The second-order valence-corrected chi connectivity index (χ2v) is 4.09. The van der Waals surface area contributed by atoms with E-state index in [0.29, 0.717) is 6.61 Å². The van der Waals surface area contributed by atoms with E-state index in [1.165, 1.54) is 0 Å². The van der Waals surface area contributed by atoms with Crippen molar-refractivity contribution in [2.24, 2.45) is 5.73 Å². The monoisotopic (exact) mass is 241 g/mol. The molecular weight excluding hydrogens is 232 g/mol. The van der Waals surface area contributed by atoms with Crippen molar-refractivity contribution in [1.29, 1.82) is 0 Å². The molecule has 1 unspecified atom stereocenters. The van der Waals surface area contributed by atoms with Crippen molar-refractivity contribution in [2.75, 3.05) is 13.2 Å². The Morgan fingerprint density at radius 3 is 2.00 bits per heavy atom. The number of alkyl halides is 3. The zero-order valence-electron chi connectivity index (χ0n) is 6.02. The van der Waals surface area contributed by atoms with Crippen LogP contribution in [0.15, 0.2) is 0 Å². The maximum absolute atomic E-state index is 5.50. The summed E-state index contributed by atoms with van der Waals surface area (Å²) >= 11 is 16.5. The molecule has 0 saturated carbocycles. The van der Waals surface area contributed by atoms with E-state index in [1.54, 1.807) is 0 Å². The quantitative estimate of drug-likeness (QED) is 0.770. The van der Waals surface area contributed by atoms with Crippen molar-refractivity contribution >= 4 is 47.2 Å². The van der Waals surface area contributed by atoms with Crippen LogP contribution < -0.4 is 5.73 Å². The molecule has 0 saturated heterocycles. The summed E-state index contributed by atoms with van der Waals surface area (Å²) in [6.07, 6.45) is -0.512. The van der Waals surface area contributed by atoms with Gasteiger partial charge in [0.05, 0.1) is 0 Å². The zero-order valence-corrected chi connectivity index (χ0v) is 9.10. The summed E-state index contributed by atoms with van der Waals surface area (Å²) in [5.41, 5.74) is 5.27. The van der Waals surface area contributed by atoms with Gasteiger partial charge in [-0.05, 0) is 6.92 Å². The Kier molecular flexibility index (Phi) is 8.73. The van der Waals surface area contributed by atoms with Crippen molar-refractivity contribution in [3.05, 3.63) is 0 Å². The maximum Gasteiger partial charge on any atom is 0.217 e. The van der Waals surface area contributed by atoms with E-state index in [9.17, 15) is 0 Å². The fourth-order valence-electron chi connectivity index (χ4n) is 0.497. The minimum Gasteiger partial charge on any atom is -0.373 e. The number of nitrogens with two attached hydrogens (primary N) is 1. The second-order valence-electron chi connectivity index (χ2n) is 1.72. The van der Waals surface area contributed by atoms with Gasteiger partial charge in [0.1, 0.15) is 6.10 Å². The minimum atomic E-state index is -1.41. The molecule has 0 radical (unpaired) electrons. The summed E-state index contributed by atoms with van der Waals surface area (Å²) in [6.45, 7) is 2.53. The van der Waals surface area contributed by atoms with Crippen LogP contribution in [-0.4, -0.2) is 23.0 Å². The lowest BCUT2D eigenvalue weighted by atomic mass is 10.4. The summed E-state index contributed by atoms with van der Waals surface area (Å²) in [4.78, 5) is 0. The third kappa shape index (κ3) is 6.26. The second kappa shape index (κ2) is 6.58. The van der Waals surface area contributed by atoms with Crippen LogP contribution in [0, 0.1) is 0 Å². The minimum absolute atomic E-state index is 0. The number of rotatable bonds is 3. The van der Waals surface area contributed by atoms with E-state index in [1.807, 2.05) is 6.92 Å². The van der Waals surface area contributed by atoms with Crippen molar-refractivity contribution < 1.29 is 4.74 Å². The third-order valence-electron chi connectivity index (χ3n) is 0.947. The highest BCUT2D eigenvalue weighted by atomic mass is 35.6. The van der Waals surface area contributed by atoms with Gasteiger partial charge in [0.15, 0.2) is 0 Å². The first-order valence-electron chi connectivity index (χ1n) is 2.90. The van der Waals surface area contributed by atoms with Gasteiger partial charge in [-0.25, -0.2) is 0 Å². The average molecular weight is 243 g/mol. The van der Waals surface area contributed by atoms with Gasteiger partial charge in [-0.2, -0.15) is 0 Å². The van der Waals surface area contributed by atoms with Crippen LogP contribution in [0.4, 0.5) is 0 Å². The van der Waals surface area contributed by atoms with Crippen LogP contribution in [0.25, 0.3) is 0 Å². The number of hydrogen-bond donors (Lipinski definition) is 1. The van der Waals surface area contributed by atoms with Gasteiger partial charge in [0.25, 0.3) is 0 Å². The molecule has 0 amide bonds. The molecular formula is C5H11Cl4NO. The molecule has 2 N–H and O–H groups in total. The molecule has 0 aromatic carbocycles. The van der Waals surface area contributed by atoms with Crippen LogP contribution in [0.1, 0.15) is 6.92 Å². The molecule has 6 heteroatoms. The highest BCUT2D eigenvalue weighted by molar-refractivity contribution is 6.68. The lowest BCUT2D eigenvalue weighted by Gasteiger charge is -2.22. The summed E-state index contributed by atoms with van der Waals surface area (Å²) in [5.74, 6) is 0. The molecule has 0 aliphatic rings. The van der Waals surface area contributed by atoms with Crippen LogP contribution in [0.3, 0.4) is 0 Å². The first kappa shape index (κ1) is 14.6. The molecule has 0 aromatic heterocycles. The van der Waals surface area contributed by atoms with Gasteiger partial charge >= 0.3 is 0 Å². The lowest BCUT2D eigenvalue weighted by molar-refractivity contribution is 0.0719. The van der Waals surface area contributed by atoms with E-state index >= 15 is 0 Å². The van der Waals surface area contributed by atoms with Gasteiger partial charge < -0.3 is 10.5 Å². The molecule has 0 heterocycles. The van der Waals surface area contributed by atoms with E-state index in [-0.39, 0.29) is 19.0 Å². The number of hydrogen-bond acceptors (Lipinski definition) is 2. The summed E-state index contributed by atoms with van der Waals surface area (Å²) < 4.78 is 3.62.